The van der Waals surface area contributed by atoms with E-state index in [1.165, 1.54) is 5.56 Å². The van der Waals surface area contributed by atoms with Crippen LogP contribution in [0.4, 0.5) is 0 Å². The van der Waals surface area contributed by atoms with Crippen LogP contribution in [-0.2, 0) is 5.75 Å². The molecule has 0 radical (unpaired) electrons. The van der Waals surface area contributed by atoms with Gasteiger partial charge in [0, 0.05) is 10.2 Å². The first-order valence-electron chi connectivity index (χ1n) is 5.93. The van der Waals surface area contributed by atoms with Crippen molar-refractivity contribution in [3.05, 3.63) is 22.2 Å². The van der Waals surface area contributed by atoms with Crippen LogP contribution in [0.1, 0.15) is 12.5 Å². The van der Waals surface area contributed by atoms with E-state index in [1.807, 2.05) is 12.1 Å². The van der Waals surface area contributed by atoms with Gasteiger partial charge < -0.3 is 9.47 Å². The Balaban J connectivity index is 1.68. The molecule has 0 fully saturated rings. The molecule has 2 aromatic rings. The molecule has 0 saturated carbocycles. The first-order valence-corrected chi connectivity index (χ1v) is 9.51. The number of nitrogens with zero attached hydrogens (tertiary/aromatic N) is 2. The number of benzene rings is 1. The SMILES string of the molecule is CCSc1nnc(SCc2cc3c(cc2Br)OCO3)s1. The molecular formula is C12H11BrN2O2S3. The number of fused-ring (bicyclic) bond motifs is 1. The zero-order valence-corrected chi connectivity index (χ0v) is 14.6. The van der Waals surface area contributed by atoms with Crippen molar-refractivity contribution in [1.82, 2.24) is 10.2 Å². The van der Waals surface area contributed by atoms with Crippen molar-refractivity contribution >= 4 is 50.8 Å². The molecule has 0 atom stereocenters. The highest BCUT2D eigenvalue weighted by atomic mass is 79.9. The Morgan fingerprint density at radius 3 is 2.65 bits per heavy atom. The maximum atomic E-state index is 5.40. The molecule has 2 heterocycles. The number of thioether (sulfide) groups is 2. The molecule has 0 N–H and O–H groups in total. The van der Waals surface area contributed by atoms with Crippen LogP contribution in [0.25, 0.3) is 0 Å². The summed E-state index contributed by atoms with van der Waals surface area (Å²) >= 11 is 8.62. The normalized spacial score (nSPS) is 12.9. The monoisotopic (exact) mass is 390 g/mol. The van der Waals surface area contributed by atoms with Gasteiger partial charge in [-0.1, -0.05) is 57.7 Å². The largest absolute Gasteiger partial charge is 0.454 e. The van der Waals surface area contributed by atoms with E-state index in [4.69, 9.17) is 9.47 Å². The summed E-state index contributed by atoms with van der Waals surface area (Å²) in [6.45, 7) is 2.41. The summed E-state index contributed by atoms with van der Waals surface area (Å²) < 4.78 is 13.8. The molecule has 0 bridgehead atoms. The molecule has 3 rings (SSSR count). The maximum absolute atomic E-state index is 5.40. The molecule has 0 unspecified atom stereocenters. The van der Waals surface area contributed by atoms with Gasteiger partial charge in [-0.3, -0.25) is 0 Å². The molecule has 4 nitrogen and oxygen atoms in total. The topological polar surface area (TPSA) is 44.2 Å². The highest BCUT2D eigenvalue weighted by Gasteiger charge is 2.16. The van der Waals surface area contributed by atoms with Crippen LogP contribution in [0.5, 0.6) is 11.5 Å². The molecule has 1 aliphatic heterocycles. The Morgan fingerprint density at radius 2 is 1.90 bits per heavy atom. The fourth-order valence-corrected chi connectivity index (χ4v) is 5.20. The van der Waals surface area contributed by atoms with Gasteiger partial charge in [-0.05, 0) is 23.4 Å². The quantitative estimate of drug-likeness (QED) is 0.703. The van der Waals surface area contributed by atoms with Gasteiger partial charge in [0.15, 0.2) is 20.2 Å². The Bertz CT molecular complexity index is 621. The molecule has 0 aliphatic carbocycles. The molecule has 1 aliphatic rings. The lowest BCUT2D eigenvalue weighted by atomic mass is 10.2. The van der Waals surface area contributed by atoms with Crippen LogP contribution < -0.4 is 9.47 Å². The van der Waals surface area contributed by atoms with Crippen LogP contribution >= 0.6 is 50.8 Å². The lowest BCUT2D eigenvalue weighted by Crippen LogP contribution is -1.92. The summed E-state index contributed by atoms with van der Waals surface area (Å²) in [5, 5.41) is 8.34. The van der Waals surface area contributed by atoms with E-state index >= 15 is 0 Å². The van der Waals surface area contributed by atoms with Crippen molar-refractivity contribution in [3.8, 4) is 11.5 Å². The number of halogens is 1. The maximum Gasteiger partial charge on any atom is 0.231 e. The summed E-state index contributed by atoms with van der Waals surface area (Å²) in [7, 11) is 0. The van der Waals surface area contributed by atoms with E-state index in [0.717, 1.165) is 36.2 Å². The minimum absolute atomic E-state index is 0.298. The third kappa shape index (κ3) is 3.24. The van der Waals surface area contributed by atoms with Gasteiger partial charge in [-0.25, -0.2) is 0 Å². The van der Waals surface area contributed by atoms with Gasteiger partial charge in [-0.2, -0.15) is 0 Å². The zero-order valence-electron chi connectivity index (χ0n) is 10.6. The summed E-state index contributed by atoms with van der Waals surface area (Å²) in [5.74, 6) is 3.45. The summed E-state index contributed by atoms with van der Waals surface area (Å²) in [5.41, 5.74) is 1.17. The number of aromatic nitrogens is 2. The van der Waals surface area contributed by atoms with Crippen molar-refractivity contribution in [3.63, 3.8) is 0 Å². The van der Waals surface area contributed by atoms with E-state index in [1.54, 1.807) is 34.9 Å². The van der Waals surface area contributed by atoms with Crippen LogP contribution in [0.2, 0.25) is 0 Å². The lowest BCUT2D eigenvalue weighted by molar-refractivity contribution is 0.174. The zero-order chi connectivity index (χ0) is 13.9. The second-order valence-corrected chi connectivity index (χ2v) is 8.42. The fraction of sp³-hybridized carbons (Fsp3) is 0.333. The minimum Gasteiger partial charge on any atom is -0.454 e. The Hall–Kier alpha value is -0.440. The van der Waals surface area contributed by atoms with Crippen molar-refractivity contribution < 1.29 is 9.47 Å². The summed E-state index contributed by atoms with van der Waals surface area (Å²) in [4.78, 5) is 0. The summed E-state index contributed by atoms with van der Waals surface area (Å²) in [6.07, 6.45) is 0. The third-order valence-electron chi connectivity index (χ3n) is 2.55. The number of hydrogen-bond acceptors (Lipinski definition) is 7. The van der Waals surface area contributed by atoms with Crippen molar-refractivity contribution in [2.45, 2.75) is 21.4 Å². The van der Waals surface area contributed by atoms with Crippen LogP contribution in [0.3, 0.4) is 0 Å². The van der Waals surface area contributed by atoms with Crippen molar-refractivity contribution in [2.24, 2.45) is 0 Å². The predicted molar refractivity (Wildman–Crippen MR) is 86.1 cm³/mol. The summed E-state index contributed by atoms with van der Waals surface area (Å²) in [6, 6.07) is 3.97. The first kappa shape index (κ1) is 14.5. The lowest BCUT2D eigenvalue weighted by Gasteiger charge is -2.04. The fourth-order valence-electron chi connectivity index (χ4n) is 1.65. The average Bonchev–Trinajstić information content (AvgIpc) is 3.05. The highest BCUT2D eigenvalue weighted by molar-refractivity contribution is 9.10. The van der Waals surface area contributed by atoms with Gasteiger partial charge in [-0.15, -0.1) is 10.2 Å². The first-order chi connectivity index (χ1) is 9.76. The van der Waals surface area contributed by atoms with Gasteiger partial charge in [0.1, 0.15) is 0 Å². The molecular weight excluding hydrogens is 380 g/mol. The van der Waals surface area contributed by atoms with Crippen LogP contribution in [0.15, 0.2) is 25.3 Å². The van der Waals surface area contributed by atoms with Gasteiger partial charge in [0.2, 0.25) is 6.79 Å². The third-order valence-corrected chi connectivity index (χ3v) is 6.41. The molecule has 106 valence electrons. The number of hydrogen-bond donors (Lipinski definition) is 0. The van der Waals surface area contributed by atoms with Gasteiger partial charge in [0.25, 0.3) is 0 Å². The Kier molecular flexibility index (Phi) is 4.75. The molecule has 0 saturated heterocycles. The molecule has 1 aromatic carbocycles. The Labute approximate surface area is 137 Å². The molecule has 20 heavy (non-hydrogen) atoms. The van der Waals surface area contributed by atoms with Gasteiger partial charge in [0.05, 0.1) is 0 Å². The molecule has 8 heteroatoms. The number of ether oxygens (including phenoxy) is 2. The standard InChI is InChI=1S/C12H11BrN2O2S3/c1-2-18-11-14-15-12(20-11)19-5-7-3-9-10(4-8(7)13)17-6-16-9/h3-4H,2,5-6H2,1H3. The molecule has 0 amide bonds. The smallest absolute Gasteiger partial charge is 0.231 e. The molecule has 0 spiro atoms. The van der Waals surface area contributed by atoms with E-state index in [2.05, 4.69) is 33.1 Å². The van der Waals surface area contributed by atoms with E-state index < -0.39 is 0 Å². The second-order valence-electron chi connectivity index (χ2n) is 3.85. The van der Waals surface area contributed by atoms with Crippen LogP contribution in [-0.4, -0.2) is 22.7 Å². The van der Waals surface area contributed by atoms with Crippen LogP contribution in [0, 0.1) is 0 Å². The van der Waals surface area contributed by atoms with Crippen molar-refractivity contribution in [2.75, 3.05) is 12.5 Å². The van der Waals surface area contributed by atoms with Crippen molar-refractivity contribution in [1.29, 1.82) is 0 Å². The van der Waals surface area contributed by atoms with E-state index in [0.29, 0.717) is 6.79 Å². The van der Waals surface area contributed by atoms with E-state index in [9.17, 15) is 0 Å². The second kappa shape index (κ2) is 6.55. The predicted octanol–water partition coefficient (Wildman–Crippen LogP) is 4.43. The average molecular weight is 391 g/mol. The number of rotatable bonds is 5. The van der Waals surface area contributed by atoms with Gasteiger partial charge >= 0.3 is 0 Å². The minimum atomic E-state index is 0.298. The Morgan fingerprint density at radius 1 is 1.20 bits per heavy atom. The highest BCUT2D eigenvalue weighted by Crippen LogP contribution is 2.39. The molecule has 1 aromatic heterocycles. The van der Waals surface area contributed by atoms with E-state index in [-0.39, 0.29) is 0 Å².